The summed E-state index contributed by atoms with van der Waals surface area (Å²) in [4.78, 5) is 10.1. The molecule has 0 saturated heterocycles. The summed E-state index contributed by atoms with van der Waals surface area (Å²) in [6, 6.07) is 1.52. The number of rotatable bonds is 4. The SMILES string of the molecule is O=C(O)c1cc(Br)cc(S(=O)(=O)NC2CC(O)C2)c1F. The lowest BCUT2D eigenvalue weighted by molar-refractivity contribution is 0.0690. The van der Waals surface area contributed by atoms with Crippen LogP contribution in [0.2, 0.25) is 0 Å². The molecule has 1 fully saturated rings. The highest BCUT2D eigenvalue weighted by atomic mass is 79.9. The average molecular weight is 368 g/mol. The molecule has 0 atom stereocenters. The van der Waals surface area contributed by atoms with E-state index in [9.17, 15) is 17.6 Å². The third kappa shape index (κ3) is 3.00. The lowest BCUT2D eigenvalue weighted by Crippen LogP contribution is -2.46. The molecule has 9 heteroatoms. The third-order valence-corrected chi connectivity index (χ3v) is 4.94. The van der Waals surface area contributed by atoms with Crippen molar-refractivity contribution in [2.45, 2.75) is 29.9 Å². The number of sulfonamides is 1. The van der Waals surface area contributed by atoms with E-state index in [1.807, 2.05) is 0 Å². The van der Waals surface area contributed by atoms with Crippen molar-refractivity contribution in [1.29, 1.82) is 0 Å². The average Bonchev–Trinajstić information content (AvgIpc) is 2.29. The van der Waals surface area contributed by atoms with Gasteiger partial charge in [0.25, 0.3) is 0 Å². The predicted octanol–water partition coefficient (Wildman–Crippen LogP) is 1.09. The van der Waals surface area contributed by atoms with Crippen molar-refractivity contribution >= 4 is 31.9 Å². The Morgan fingerprint density at radius 1 is 1.40 bits per heavy atom. The largest absolute Gasteiger partial charge is 0.478 e. The first-order chi connectivity index (χ1) is 9.20. The van der Waals surface area contributed by atoms with E-state index in [-0.39, 0.29) is 17.3 Å². The lowest BCUT2D eigenvalue weighted by Gasteiger charge is -2.31. The van der Waals surface area contributed by atoms with Gasteiger partial charge in [-0.2, -0.15) is 0 Å². The molecule has 1 aliphatic rings. The van der Waals surface area contributed by atoms with E-state index in [4.69, 9.17) is 10.2 Å². The maximum atomic E-state index is 14.0. The molecule has 20 heavy (non-hydrogen) atoms. The highest BCUT2D eigenvalue weighted by Gasteiger charge is 2.33. The second-order valence-electron chi connectivity index (χ2n) is 4.51. The Balaban J connectivity index is 2.38. The van der Waals surface area contributed by atoms with Crippen LogP contribution in [0.1, 0.15) is 23.2 Å². The van der Waals surface area contributed by atoms with Crippen LogP contribution in [0.25, 0.3) is 0 Å². The van der Waals surface area contributed by atoms with Crippen LogP contribution in [-0.2, 0) is 10.0 Å². The Morgan fingerprint density at radius 3 is 2.50 bits per heavy atom. The molecule has 6 nitrogen and oxygen atoms in total. The number of carbonyl (C=O) groups is 1. The molecule has 0 amide bonds. The Morgan fingerprint density at radius 2 is 2.00 bits per heavy atom. The fourth-order valence-corrected chi connectivity index (χ4v) is 3.88. The number of nitrogens with one attached hydrogen (secondary N) is 1. The van der Waals surface area contributed by atoms with E-state index < -0.39 is 44.4 Å². The fraction of sp³-hybridized carbons (Fsp3) is 0.364. The molecule has 0 radical (unpaired) electrons. The van der Waals surface area contributed by atoms with Gasteiger partial charge >= 0.3 is 5.97 Å². The van der Waals surface area contributed by atoms with Gasteiger partial charge in [-0.25, -0.2) is 22.3 Å². The number of aliphatic hydroxyl groups is 1. The zero-order chi connectivity index (χ0) is 15.1. The van der Waals surface area contributed by atoms with Crippen LogP contribution in [0.15, 0.2) is 21.5 Å². The van der Waals surface area contributed by atoms with Crippen LogP contribution < -0.4 is 4.72 Å². The first-order valence-corrected chi connectivity index (χ1v) is 7.91. The van der Waals surface area contributed by atoms with Crippen molar-refractivity contribution < 1.29 is 27.8 Å². The van der Waals surface area contributed by atoms with Crippen LogP contribution in [0.3, 0.4) is 0 Å². The minimum atomic E-state index is -4.18. The van der Waals surface area contributed by atoms with Gasteiger partial charge in [-0.1, -0.05) is 15.9 Å². The number of hydrogen-bond donors (Lipinski definition) is 3. The van der Waals surface area contributed by atoms with E-state index in [1.54, 1.807) is 0 Å². The summed E-state index contributed by atoms with van der Waals surface area (Å²) < 4.78 is 40.4. The van der Waals surface area contributed by atoms with Gasteiger partial charge in [-0.3, -0.25) is 0 Å². The normalized spacial score (nSPS) is 22.4. The smallest absolute Gasteiger partial charge is 0.338 e. The topological polar surface area (TPSA) is 104 Å². The van der Waals surface area contributed by atoms with Crippen molar-refractivity contribution in [1.82, 2.24) is 4.72 Å². The number of aliphatic hydroxyl groups excluding tert-OH is 1. The molecule has 1 aromatic carbocycles. The minimum absolute atomic E-state index is 0.144. The second-order valence-corrected chi connectivity index (χ2v) is 7.11. The fourth-order valence-electron chi connectivity index (χ4n) is 1.88. The van der Waals surface area contributed by atoms with E-state index >= 15 is 0 Å². The second kappa shape index (κ2) is 5.40. The van der Waals surface area contributed by atoms with Gasteiger partial charge in [-0.15, -0.1) is 0 Å². The number of aromatic carboxylic acids is 1. The molecule has 0 bridgehead atoms. The Labute approximate surface area is 122 Å². The summed E-state index contributed by atoms with van der Waals surface area (Å²) in [7, 11) is -4.18. The van der Waals surface area contributed by atoms with E-state index in [1.165, 1.54) is 0 Å². The van der Waals surface area contributed by atoms with Crippen molar-refractivity contribution in [2.24, 2.45) is 0 Å². The molecule has 2 rings (SSSR count). The van der Waals surface area contributed by atoms with Crippen molar-refractivity contribution in [2.75, 3.05) is 0 Å². The highest BCUT2D eigenvalue weighted by Crippen LogP contribution is 2.27. The molecule has 0 heterocycles. The number of carboxylic acids is 1. The van der Waals surface area contributed by atoms with Crippen LogP contribution in [0.5, 0.6) is 0 Å². The Hall–Kier alpha value is -1.03. The maximum Gasteiger partial charge on any atom is 0.338 e. The zero-order valence-electron chi connectivity index (χ0n) is 10.0. The summed E-state index contributed by atoms with van der Waals surface area (Å²) in [5, 5.41) is 18.0. The number of hydrogen-bond acceptors (Lipinski definition) is 4. The first-order valence-electron chi connectivity index (χ1n) is 5.63. The number of halogens is 2. The van der Waals surface area contributed by atoms with Gasteiger partial charge in [0, 0.05) is 10.5 Å². The molecular weight excluding hydrogens is 357 g/mol. The molecule has 0 aromatic heterocycles. The lowest BCUT2D eigenvalue weighted by atomic mass is 9.91. The minimum Gasteiger partial charge on any atom is -0.478 e. The van der Waals surface area contributed by atoms with E-state index in [0.29, 0.717) is 0 Å². The molecule has 3 N–H and O–H groups in total. The standard InChI is InChI=1S/C11H11BrFNO5S/c12-5-1-8(11(16)17)10(13)9(2-5)20(18,19)14-6-3-7(15)4-6/h1-2,6-7,14-15H,3-4H2,(H,16,17). The first kappa shape index (κ1) is 15.4. The quantitative estimate of drug-likeness (QED) is 0.738. The summed E-state index contributed by atoms with van der Waals surface area (Å²) in [6.07, 6.45) is -0.0639. The van der Waals surface area contributed by atoms with Crippen LogP contribution >= 0.6 is 15.9 Å². The summed E-state index contributed by atoms with van der Waals surface area (Å²) in [6.45, 7) is 0. The molecule has 1 aromatic rings. The van der Waals surface area contributed by atoms with E-state index in [2.05, 4.69) is 20.7 Å². The van der Waals surface area contributed by atoms with Crippen LogP contribution in [-0.4, -0.2) is 36.7 Å². The van der Waals surface area contributed by atoms with Gasteiger partial charge in [-0.05, 0) is 25.0 Å². The van der Waals surface area contributed by atoms with Gasteiger partial charge < -0.3 is 10.2 Å². The molecule has 0 aliphatic heterocycles. The Kier molecular flexibility index (Phi) is 4.14. The molecule has 0 unspecified atom stereocenters. The summed E-state index contributed by atoms with van der Waals surface area (Å²) in [5.41, 5.74) is -0.728. The highest BCUT2D eigenvalue weighted by molar-refractivity contribution is 9.10. The third-order valence-electron chi connectivity index (χ3n) is 2.96. The van der Waals surface area contributed by atoms with Crippen molar-refractivity contribution in [3.05, 3.63) is 28.0 Å². The van der Waals surface area contributed by atoms with Gasteiger partial charge in [0.15, 0.2) is 5.82 Å². The molecule has 1 saturated carbocycles. The maximum absolute atomic E-state index is 14.0. The van der Waals surface area contributed by atoms with Crippen molar-refractivity contribution in [3.63, 3.8) is 0 Å². The van der Waals surface area contributed by atoms with Gasteiger partial charge in [0.05, 0.1) is 11.7 Å². The van der Waals surface area contributed by atoms with Gasteiger partial charge in [0.1, 0.15) is 4.90 Å². The number of carboxylic acid groups (broad SMARTS) is 1. The van der Waals surface area contributed by atoms with Crippen LogP contribution in [0, 0.1) is 5.82 Å². The predicted molar refractivity (Wildman–Crippen MR) is 70.4 cm³/mol. The number of benzene rings is 1. The molecule has 1 aliphatic carbocycles. The van der Waals surface area contributed by atoms with Crippen molar-refractivity contribution in [3.8, 4) is 0 Å². The molecule has 110 valence electrons. The molecule has 0 spiro atoms. The summed E-state index contributed by atoms with van der Waals surface area (Å²) >= 11 is 2.95. The van der Waals surface area contributed by atoms with Crippen LogP contribution in [0.4, 0.5) is 4.39 Å². The zero-order valence-corrected chi connectivity index (χ0v) is 12.4. The Bertz CT molecular complexity index is 657. The summed E-state index contributed by atoms with van der Waals surface area (Å²) in [5.74, 6) is -2.87. The van der Waals surface area contributed by atoms with E-state index in [0.717, 1.165) is 12.1 Å². The molecular formula is C11H11BrFNO5S. The van der Waals surface area contributed by atoms with Gasteiger partial charge in [0.2, 0.25) is 10.0 Å². The monoisotopic (exact) mass is 367 g/mol.